The Labute approximate surface area is 240 Å². The number of nitriles is 1. The summed E-state index contributed by atoms with van der Waals surface area (Å²) < 4.78 is 5.96. The lowest BCUT2D eigenvalue weighted by molar-refractivity contribution is -0.131. The summed E-state index contributed by atoms with van der Waals surface area (Å²) in [5, 5.41) is 15.5. The third-order valence-electron chi connectivity index (χ3n) is 7.18. The number of carbonyl (C=O) groups excluding carboxylic acids is 3. The molecule has 1 saturated heterocycles. The van der Waals surface area contributed by atoms with E-state index in [2.05, 4.69) is 15.6 Å². The number of hydrogen-bond acceptors (Lipinski definition) is 7. The van der Waals surface area contributed by atoms with E-state index in [9.17, 15) is 14.4 Å². The summed E-state index contributed by atoms with van der Waals surface area (Å²) >= 11 is 1.21. The van der Waals surface area contributed by atoms with Gasteiger partial charge < -0.3 is 20.3 Å². The van der Waals surface area contributed by atoms with Crippen molar-refractivity contribution in [2.75, 3.05) is 23.3 Å². The van der Waals surface area contributed by atoms with E-state index in [0.717, 1.165) is 24.2 Å². The van der Waals surface area contributed by atoms with E-state index < -0.39 is 0 Å². The van der Waals surface area contributed by atoms with Gasteiger partial charge >= 0.3 is 6.03 Å². The Hall–Kier alpha value is -4.95. The van der Waals surface area contributed by atoms with Crippen molar-refractivity contribution in [2.24, 2.45) is 0 Å². The van der Waals surface area contributed by atoms with E-state index >= 15 is 0 Å². The second kappa shape index (κ2) is 10.9. The summed E-state index contributed by atoms with van der Waals surface area (Å²) in [4.78, 5) is 47.8. The molecule has 4 aromatic rings. The number of thiophene rings is 1. The number of para-hydroxylation sites is 1. The summed E-state index contributed by atoms with van der Waals surface area (Å²) in [7, 11) is 0. The molecule has 206 valence electrons. The van der Waals surface area contributed by atoms with Gasteiger partial charge in [0, 0.05) is 25.3 Å². The molecule has 2 N–H and O–H groups in total. The molecule has 2 aliphatic rings. The van der Waals surface area contributed by atoms with Crippen LogP contribution in [0.2, 0.25) is 0 Å². The van der Waals surface area contributed by atoms with Gasteiger partial charge in [-0.05, 0) is 61.7 Å². The molecule has 41 heavy (non-hydrogen) atoms. The van der Waals surface area contributed by atoms with Gasteiger partial charge in [0.25, 0.3) is 5.91 Å². The highest BCUT2D eigenvalue weighted by atomic mass is 32.1. The first-order valence-electron chi connectivity index (χ1n) is 13.2. The highest BCUT2D eigenvalue weighted by Gasteiger charge is 2.34. The van der Waals surface area contributed by atoms with Crippen molar-refractivity contribution in [2.45, 2.75) is 32.2 Å². The van der Waals surface area contributed by atoms with E-state index in [-0.39, 0.29) is 30.3 Å². The molecule has 2 aromatic heterocycles. The van der Waals surface area contributed by atoms with E-state index in [1.807, 2.05) is 61.5 Å². The van der Waals surface area contributed by atoms with Crippen LogP contribution in [0, 0.1) is 18.3 Å². The van der Waals surface area contributed by atoms with Crippen molar-refractivity contribution in [3.05, 3.63) is 71.2 Å². The quantitative estimate of drug-likeness (QED) is 0.308. The first kappa shape index (κ1) is 26.3. The topological polar surface area (TPSA) is 128 Å². The van der Waals surface area contributed by atoms with Crippen molar-refractivity contribution in [3.8, 4) is 17.6 Å². The molecule has 4 amide bonds. The highest BCUT2D eigenvalue weighted by Crippen LogP contribution is 2.46. The lowest BCUT2D eigenvalue weighted by atomic mass is 10.0. The van der Waals surface area contributed by atoms with Crippen LogP contribution in [0.3, 0.4) is 0 Å². The Morgan fingerprint density at radius 2 is 2.00 bits per heavy atom. The van der Waals surface area contributed by atoms with Crippen LogP contribution < -0.4 is 20.3 Å². The number of aromatic nitrogens is 1. The number of hydrogen-bond donors (Lipinski definition) is 2. The van der Waals surface area contributed by atoms with Gasteiger partial charge in [-0.25, -0.2) is 9.78 Å². The second-order valence-corrected chi connectivity index (χ2v) is 10.9. The van der Waals surface area contributed by atoms with E-state index in [4.69, 9.17) is 10.00 Å². The molecule has 0 aliphatic carbocycles. The van der Waals surface area contributed by atoms with Gasteiger partial charge in [-0.15, -0.1) is 11.3 Å². The first-order chi connectivity index (χ1) is 19.9. The van der Waals surface area contributed by atoms with Crippen LogP contribution in [0.1, 0.15) is 34.5 Å². The monoisotopic (exact) mass is 566 g/mol. The van der Waals surface area contributed by atoms with Gasteiger partial charge in [0.15, 0.2) is 0 Å². The number of anilines is 3. The largest absolute Gasteiger partial charge is 0.457 e. The number of benzene rings is 2. The number of piperidine rings is 1. The second-order valence-electron chi connectivity index (χ2n) is 9.93. The van der Waals surface area contributed by atoms with Crippen LogP contribution in [-0.4, -0.2) is 46.9 Å². The van der Waals surface area contributed by atoms with Gasteiger partial charge in [-0.1, -0.05) is 18.2 Å². The van der Waals surface area contributed by atoms with Crippen molar-refractivity contribution < 1.29 is 19.1 Å². The molecule has 6 rings (SSSR count). The number of rotatable bonds is 6. The SMILES string of the molecule is Cc1cc(Oc2ccccc2)ccc1N1C(=O)Nc2c(C(=O)N[C@@H]3CCCN(C(=O)CC#N)C3)sc3nccc1c23. The predicted octanol–water partition coefficient (Wildman–Crippen LogP) is 5.72. The number of likely N-dealkylation sites (tertiary alicyclic amines) is 1. The van der Waals surface area contributed by atoms with Crippen LogP contribution >= 0.6 is 11.3 Å². The van der Waals surface area contributed by atoms with Crippen LogP contribution in [-0.2, 0) is 4.79 Å². The average Bonchev–Trinajstić information content (AvgIpc) is 3.34. The first-order valence-corrected chi connectivity index (χ1v) is 14.1. The fourth-order valence-electron chi connectivity index (χ4n) is 5.30. The van der Waals surface area contributed by atoms with Crippen molar-refractivity contribution in [3.63, 3.8) is 0 Å². The van der Waals surface area contributed by atoms with Crippen molar-refractivity contribution in [1.82, 2.24) is 15.2 Å². The van der Waals surface area contributed by atoms with E-state index in [1.54, 1.807) is 22.1 Å². The fraction of sp³-hybridized carbons (Fsp3) is 0.233. The number of amides is 4. The molecule has 10 nitrogen and oxygen atoms in total. The van der Waals surface area contributed by atoms with Gasteiger partial charge in [0.2, 0.25) is 5.91 Å². The van der Waals surface area contributed by atoms with E-state index in [0.29, 0.717) is 51.0 Å². The number of pyridine rings is 1. The lowest BCUT2D eigenvalue weighted by Gasteiger charge is -2.33. The summed E-state index contributed by atoms with van der Waals surface area (Å²) in [6.07, 6.45) is 2.90. The van der Waals surface area contributed by atoms with Gasteiger partial charge in [-0.2, -0.15) is 5.26 Å². The van der Waals surface area contributed by atoms with Crippen LogP contribution in [0.5, 0.6) is 11.5 Å². The fourth-order valence-corrected chi connectivity index (χ4v) is 6.32. The molecular weight excluding hydrogens is 540 g/mol. The number of aryl methyl sites for hydroxylation is 1. The van der Waals surface area contributed by atoms with Crippen LogP contribution in [0.25, 0.3) is 10.2 Å². The number of ether oxygens (including phenoxy) is 1. The van der Waals surface area contributed by atoms with Crippen molar-refractivity contribution in [1.29, 1.82) is 5.26 Å². The van der Waals surface area contributed by atoms with Crippen molar-refractivity contribution >= 4 is 56.5 Å². The standard InChI is InChI=1S/C30H26N6O4S/c1-18-16-21(40-20-7-3-2-4-8-20)9-10-22(18)36-23-12-14-32-29-25(23)26(34-30(36)39)27(41-29)28(38)33-19-6-5-15-35(17-19)24(37)11-13-31/h2-4,7-10,12,14,16,19H,5-6,11,15,17H2,1H3,(H,33,38)(H,34,39)/t19-/m1/s1. The van der Waals surface area contributed by atoms with Gasteiger partial charge in [-0.3, -0.25) is 14.5 Å². The molecule has 0 spiro atoms. The number of nitrogens with one attached hydrogen (secondary N) is 2. The molecule has 0 bridgehead atoms. The number of carbonyl (C=O) groups is 3. The maximum absolute atomic E-state index is 13.5. The molecule has 0 saturated carbocycles. The number of urea groups is 1. The van der Waals surface area contributed by atoms with E-state index in [1.165, 1.54) is 11.3 Å². The zero-order valence-electron chi connectivity index (χ0n) is 22.2. The Kier molecular flexibility index (Phi) is 6.99. The zero-order chi connectivity index (χ0) is 28.5. The summed E-state index contributed by atoms with van der Waals surface area (Å²) in [6, 6.07) is 18.0. The minimum absolute atomic E-state index is 0.180. The third kappa shape index (κ3) is 5.05. The Morgan fingerprint density at radius 1 is 1.17 bits per heavy atom. The molecule has 2 aliphatic heterocycles. The molecule has 1 fully saturated rings. The molecule has 0 unspecified atom stereocenters. The summed E-state index contributed by atoms with van der Waals surface area (Å²) in [5.41, 5.74) is 2.59. The molecule has 11 heteroatoms. The molecule has 0 radical (unpaired) electrons. The maximum Gasteiger partial charge on any atom is 0.331 e. The maximum atomic E-state index is 13.5. The smallest absolute Gasteiger partial charge is 0.331 e. The lowest BCUT2D eigenvalue weighted by Crippen LogP contribution is -2.49. The van der Waals surface area contributed by atoms with Crippen LogP contribution in [0.4, 0.5) is 21.9 Å². The minimum Gasteiger partial charge on any atom is -0.457 e. The number of nitrogens with zero attached hydrogens (tertiary/aromatic N) is 4. The zero-order valence-corrected chi connectivity index (χ0v) is 23.0. The van der Waals surface area contributed by atoms with Crippen LogP contribution in [0.15, 0.2) is 60.8 Å². The normalized spacial score (nSPS) is 16.2. The van der Waals surface area contributed by atoms with Gasteiger partial charge in [0.05, 0.1) is 28.5 Å². The Morgan fingerprint density at radius 3 is 2.78 bits per heavy atom. The average molecular weight is 567 g/mol. The minimum atomic E-state index is -0.386. The Balaban J connectivity index is 1.27. The molecule has 1 atom stereocenters. The highest BCUT2D eigenvalue weighted by molar-refractivity contribution is 7.21. The predicted molar refractivity (Wildman–Crippen MR) is 156 cm³/mol. The summed E-state index contributed by atoms with van der Waals surface area (Å²) in [6.45, 7) is 2.83. The molecular formula is C30H26N6O4S. The molecule has 2 aromatic carbocycles. The van der Waals surface area contributed by atoms with Gasteiger partial charge in [0.1, 0.15) is 27.6 Å². The molecule has 4 heterocycles. The third-order valence-corrected chi connectivity index (χ3v) is 8.28. The summed E-state index contributed by atoms with van der Waals surface area (Å²) in [5.74, 6) is 0.801. The Bertz CT molecular complexity index is 1710.